The molecule has 2 fully saturated rings. The topological polar surface area (TPSA) is 91.0 Å². The molecule has 0 aromatic heterocycles. The fourth-order valence-electron chi connectivity index (χ4n) is 4.92. The van der Waals surface area contributed by atoms with Gasteiger partial charge in [-0.25, -0.2) is 8.42 Å². The van der Waals surface area contributed by atoms with Gasteiger partial charge in [0, 0.05) is 50.5 Å². The second kappa shape index (κ2) is 12.2. The van der Waals surface area contributed by atoms with E-state index in [0.717, 1.165) is 56.5 Å². The van der Waals surface area contributed by atoms with Crippen molar-refractivity contribution in [1.82, 2.24) is 10.2 Å². The summed E-state index contributed by atoms with van der Waals surface area (Å²) < 4.78 is 72.8. The summed E-state index contributed by atoms with van der Waals surface area (Å²) in [6.45, 7) is 4.56. The first kappa shape index (κ1) is 29.7. The third kappa shape index (κ3) is 7.35. The first-order chi connectivity index (χ1) is 20.0. The largest absolute Gasteiger partial charge is 0.495 e. The van der Waals surface area contributed by atoms with E-state index >= 15 is 0 Å². The van der Waals surface area contributed by atoms with Gasteiger partial charge in [-0.2, -0.15) is 13.2 Å². The molecule has 0 atom stereocenters. The van der Waals surface area contributed by atoms with Crippen LogP contribution in [-0.4, -0.2) is 59.1 Å². The number of ether oxygens (including phenoxy) is 1. The lowest BCUT2D eigenvalue weighted by molar-refractivity contribution is -0.137. The molecule has 0 spiro atoms. The van der Waals surface area contributed by atoms with E-state index in [-0.39, 0.29) is 22.7 Å². The van der Waals surface area contributed by atoms with E-state index in [0.29, 0.717) is 11.3 Å². The summed E-state index contributed by atoms with van der Waals surface area (Å²) in [5, 5.41) is 2.65. The summed E-state index contributed by atoms with van der Waals surface area (Å²) in [7, 11) is -2.37. The molecule has 2 aliphatic rings. The number of piperazine rings is 1. The molecule has 224 valence electrons. The molecule has 8 nitrogen and oxygen atoms in total. The number of nitrogens with zero attached hydrogens (tertiary/aromatic N) is 2. The van der Waals surface area contributed by atoms with E-state index in [9.17, 15) is 26.4 Å². The first-order valence-electron chi connectivity index (χ1n) is 13.7. The summed E-state index contributed by atoms with van der Waals surface area (Å²) in [5.41, 5.74) is 1.03. The third-order valence-electron chi connectivity index (χ3n) is 7.52. The second-order valence-electron chi connectivity index (χ2n) is 10.6. The van der Waals surface area contributed by atoms with E-state index in [1.165, 1.54) is 55.3 Å². The van der Waals surface area contributed by atoms with Crippen LogP contribution in [0.5, 0.6) is 5.75 Å². The lowest BCUT2D eigenvalue weighted by Gasteiger charge is -2.36. The van der Waals surface area contributed by atoms with Crippen molar-refractivity contribution in [3.05, 3.63) is 83.4 Å². The molecule has 1 saturated heterocycles. The number of amides is 1. The number of methoxy groups -OCH3 is 1. The van der Waals surface area contributed by atoms with Crippen molar-refractivity contribution in [2.45, 2.75) is 30.5 Å². The molecule has 0 bridgehead atoms. The van der Waals surface area contributed by atoms with Crippen molar-refractivity contribution in [1.29, 1.82) is 0 Å². The number of hydrogen-bond acceptors (Lipinski definition) is 6. The van der Waals surface area contributed by atoms with E-state index < -0.39 is 27.7 Å². The molecule has 12 heteroatoms. The van der Waals surface area contributed by atoms with E-state index in [1.54, 1.807) is 19.2 Å². The Hall–Kier alpha value is -3.77. The Morgan fingerprint density at radius 3 is 2.21 bits per heavy atom. The number of carbonyl (C=O) groups excluding carboxylic acids is 1. The molecule has 1 saturated carbocycles. The fraction of sp³-hybridized carbons (Fsp3) is 0.367. The molecule has 0 unspecified atom stereocenters. The summed E-state index contributed by atoms with van der Waals surface area (Å²) in [4.78, 5) is 17.2. The van der Waals surface area contributed by atoms with Gasteiger partial charge in [-0.3, -0.25) is 14.4 Å². The van der Waals surface area contributed by atoms with Crippen LogP contribution in [0.1, 0.15) is 34.3 Å². The molecule has 5 rings (SSSR count). The molecule has 1 aliphatic carbocycles. The van der Waals surface area contributed by atoms with Crippen LogP contribution in [0.4, 0.5) is 24.5 Å². The number of benzene rings is 3. The Labute approximate surface area is 243 Å². The van der Waals surface area contributed by atoms with Crippen molar-refractivity contribution >= 4 is 27.3 Å². The van der Waals surface area contributed by atoms with Crippen molar-refractivity contribution in [2.24, 2.45) is 5.92 Å². The zero-order chi connectivity index (χ0) is 29.9. The van der Waals surface area contributed by atoms with Crippen LogP contribution < -0.4 is 19.7 Å². The molecule has 3 aromatic rings. The zero-order valence-corrected chi connectivity index (χ0v) is 24.0. The quantitative estimate of drug-likeness (QED) is 0.341. The van der Waals surface area contributed by atoms with Gasteiger partial charge in [0.05, 0.1) is 23.3 Å². The normalized spacial score (nSPS) is 16.2. The van der Waals surface area contributed by atoms with Crippen LogP contribution in [0, 0.1) is 5.92 Å². The number of nitrogens with one attached hydrogen (secondary N) is 2. The number of anilines is 2. The standard InChI is InChI=1S/C30H33F3N4O4S/c1-41-28-13-12-26(18-27(28)37-16-14-36(15-17-37)20-22-2-3-22)42(39,40)35-25-10-6-23(7-11-25)29(38)34-19-21-4-8-24(9-5-21)30(31,32)33/h4-13,18,22,35H,2-3,14-17,19-20H2,1H3,(H,34,38). The van der Waals surface area contributed by atoms with Gasteiger partial charge >= 0.3 is 6.18 Å². The van der Waals surface area contributed by atoms with Crippen LogP contribution in [0.2, 0.25) is 0 Å². The zero-order valence-electron chi connectivity index (χ0n) is 23.2. The predicted molar refractivity (Wildman–Crippen MR) is 154 cm³/mol. The Kier molecular flexibility index (Phi) is 8.65. The van der Waals surface area contributed by atoms with Gasteiger partial charge in [-0.1, -0.05) is 12.1 Å². The number of sulfonamides is 1. The lowest BCUT2D eigenvalue weighted by Crippen LogP contribution is -2.47. The molecular formula is C30H33F3N4O4S. The van der Waals surface area contributed by atoms with Gasteiger partial charge in [-0.05, 0) is 78.9 Å². The molecule has 42 heavy (non-hydrogen) atoms. The Morgan fingerprint density at radius 2 is 1.62 bits per heavy atom. The SMILES string of the molecule is COc1ccc(S(=O)(=O)Nc2ccc(C(=O)NCc3ccc(C(F)(F)F)cc3)cc2)cc1N1CCN(CC2CC2)CC1. The predicted octanol–water partition coefficient (Wildman–Crippen LogP) is 4.98. The summed E-state index contributed by atoms with van der Waals surface area (Å²) in [5.74, 6) is 0.986. The molecule has 1 heterocycles. The Morgan fingerprint density at radius 1 is 0.952 bits per heavy atom. The highest BCUT2D eigenvalue weighted by molar-refractivity contribution is 7.92. The highest BCUT2D eigenvalue weighted by atomic mass is 32.2. The molecular weight excluding hydrogens is 569 g/mol. The Bertz CT molecular complexity index is 1500. The maximum atomic E-state index is 13.3. The van der Waals surface area contributed by atoms with E-state index in [2.05, 4.69) is 19.8 Å². The van der Waals surface area contributed by atoms with Crippen molar-refractivity contribution in [3.8, 4) is 5.75 Å². The minimum atomic E-state index is -4.43. The number of rotatable bonds is 10. The maximum absolute atomic E-state index is 13.3. The highest BCUT2D eigenvalue weighted by Gasteiger charge is 2.30. The van der Waals surface area contributed by atoms with E-state index in [4.69, 9.17) is 4.74 Å². The van der Waals surface area contributed by atoms with Gasteiger partial charge in [0.2, 0.25) is 0 Å². The molecule has 0 radical (unpaired) electrons. The van der Waals surface area contributed by atoms with Crippen molar-refractivity contribution in [3.63, 3.8) is 0 Å². The molecule has 1 aliphatic heterocycles. The smallest absolute Gasteiger partial charge is 0.416 e. The molecule has 2 N–H and O–H groups in total. The molecule has 3 aromatic carbocycles. The monoisotopic (exact) mass is 602 g/mol. The van der Waals surface area contributed by atoms with Gasteiger partial charge in [0.1, 0.15) is 5.75 Å². The number of carbonyl (C=O) groups is 1. The van der Waals surface area contributed by atoms with Crippen LogP contribution >= 0.6 is 0 Å². The van der Waals surface area contributed by atoms with Gasteiger partial charge in [0.15, 0.2) is 0 Å². The van der Waals surface area contributed by atoms with Crippen LogP contribution in [0.25, 0.3) is 0 Å². The van der Waals surface area contributed by atoms with Crippen molar-refractivity contribution in [2.75, 3.05) is 49.5 Å². The molecule has 1 amide bonds. The fourth-order valence-corrected chi connectivity index (χ4v) is 6.00. The average Bonchev–Trinajstić information content (AvgIpc) is 3.80. The van der Waals surface area contributed by atoms with Crippen LogP contribution in [-0.2, 0) is 22.7 Å². The second-order valence-corrected chi connectivity index (χ2v) is 12.3. The third-order valence-corrected chi connectivity index (χ3v) is 8.90. The lowest BCUT2D eigenvalue weighted by atomic mass is 10.1. The van der Waals surface area contributed by atoms with Gasteiger partial charge < -0.3 is 15.0 Å². The summed E-state index contributed by atoms with van der Waals surface area (Å²) >= 11 is 0. The van der Waals surface area contributed by atoms with Gasteiger partial charge in [-0.15, -0.1) is 0 Å². The Balaban J connectivity index is 1.20. The highest BCUT2D eigenvalue weighted by Crippen LogP contribution is 2.34. The van der Waals surface area contributed by atoms with Gasteiger partial charge in [0.25, 0.3) is 15.9 Å². The summed E-state index contributed by atoms with van der Waals surface area (Å²) in [6.07, 6.45) is -1.81. The number of alkyl halides is 3. The minimum absolute atomic E-state index is 0.0424. The van der Waals surface area contributed by atoms with Crippen LogP contribution in [0.15, 0.2) is 71.6 Å². The van der Waals surface area contributed by atoms with E-state index in [1.807, 2.05) is 0 Å². The van der Waals surface area contributed by atoms with Crippen molar-refractivity contribution < 1.29 is 31.1 Å². The number of halogens is 3. The van der Waals surface area contributed by atoms with Crippen LogP contribution in [0.3, 0.4) is 0 Å². The minimum Gasteiger partial charge on any atom is -0.495 e. The maximum Gasteiger partial charge on any atom is 0.416 e. The average molecular weight is 603 g/mol. The summed E-state index contributed by atoms with van der Waals surface area (Å²) in [6, 6.07) is 15.2. The first-order valence-corrected chi connectivity index (χ1v) is 15.2. The number of hydrogen-bond donors (Lipinski definition) is 2.